The fraction of sp³-hybridized carbons (Fsp3) is 0.455. The van der Waals surface area contributed by atoms with Gasteiger partial charge < -0.3 is 10.4 Å². The van der Waals surface area contributed by atoms with Gasteiger partial charge in [-0.2, -0.15) is 0 Å². The Balaban J connectivity index is 2.88. The molecule has 1 rings (SSSR count). The van der Waals surface area contributed by atoms with Gasteiger partial charge in [0.1, 0.15) is 0 Å². The number of likely N-dealkylation sites (N-methyl/N-ethyl adjacent to an activating group) is 1. The summed E-state index contributed by atoms with van der Waals surface area (Å²) in [6, 6.07) is 6.16. The third-order valence-electron chi connectivity index (χ3n) is 2.23. The zero-order valence-corrected chi connectivity index (χ0v) is 9.69. The van der Waals surface area contributed by atoms with Crippen molar-refractivity contribution in [3.05, 3.63) is 29.3 Å². The number of aryl methyl sites for hydroxylation is 1. The number of aliphatic hydroxyl groups is 1. The lowest BCUT2D eigenvalue weighted by Crippen LogP contribution is -2.17. The smallest absolute Gasteiger partial charge is 0.0916 e. The molecule has 0 fully saturated rings. The highest BCUT2D eigenvalue weighted by atomic mass is 32.2. The summed E-state index contributed by atoms with van der Waals surface area (Å²) in [7, 11) is 1.84. The van der Waals surface area contributed by atoms with Gasteiger partial charge in [0, 0.05) is 11.4 Å². The van der Waals surface area contributed by atoms with Crippen LogP contribution in [0.1, 0.15) is 17.2 Å². The highest BCUT2D eigenvalue weighted by Gasteiger charge is 2.09. The van der Waals surface area contributed by atoms with Gasteiger partial charge in [0.25, 0.3) is 0 Å². The van der Waals surface area contributed by atoms with Crippen LogP contribution in [0.4, 0.5) is 0 Å². The van der Waals surface area contributed by atoms with E-state index in [0.717, 1.165) is 11.1 Å². The van der Waals surface area contributed by atoms with E-state index in [9.17, 15) is 5.11 Å². The van der Waals surface area contributed by atoms with Crippen LogP contribution in [0.25, 0.3) is 0 Å². The third kappa shape index (κ3) is 2.74. The van der Waals surface area contributed by atoms with Crippen molar-refractivity contribution in [1.29, 1.82) is 0 Å². The van der Waals surface area contributed by atoms with Crippen LogP contribution in [0.15, 0.2) is 23.1 Å². The Morgan fingerprint density at radius 3 is 2.71 bits per heavy atom. The predicted octanol–water partition coefficient (Wildman–Crippen LogP) is 1.97. The van der Waals surface area contributed by atoms with E-state index in [2.05, 4.69) is 17.6 Å². The number of rotatable bonds is 4. The standard InChI is InChI=1S/C11H17NOS/c1-8-6-9(14-3)4-5-10(8)11(13)7-12-2/h4-6,11-13H,7H2,1-3H3. The maximum Gasteiger partial charge on any atom is 0.0916 e. The molecule has 0 aromatic heterocycles. The molecule has 2 N–H and O–H groups in total. The Hall–Kier alpha value is -0.510. The molecule has 0 aliphatic rings. The Labute approximate surface area is 89.7 Å². The molecule has 1 aromatic carbocycles. The fourth-order valence-corrected chi connectivity index (χ4v) is 1.95. The first-order chi connectivity index (χ1) is 6.69. The minimum atomic E-state index is -0.407. The van der Waals surface area contributed by atoms with Gasteiger partial charge in [0.05, 0.1) is 6.10 Å². The Kier molecular flexibility index (Phi) is 4.45. The van der Waals surface area contributed by atoms with E-state index in [0.29, 0.717) is 6.54 Å². The van der Waals surface area contributed by atoms with Crippen molar-refractivity contribution in [2.45, 2.75) is 17.9 Å². The highest BCUT2D eigenvalue weighted by molar-refractivity contribution is 7.98. The van der Waals surface area contributed by atoms with Crippen LogP contribution in [0.3, 0.4) is 0 Å². The fourth-order valence-electron chi connectivity index (χ4n) is 1.45. The predicted molar refractivity (Wildman–Crippen MR) is 61.8 cm³/mol. The van der Waals surface area contributed by atoms with Crippen LogP contribution >= 0.6 is 11.8 Å². The number of aliphatic hydroxyl groups excluding tert-OH is 1. The molecule has 0 heterocycles. The number of nitrogens with one attached hydrogen (secondary N) is 1. The molecular formula is C11H17NOS. The van der Waals surface area contributed by atoms with Crippen LogP contribution in [-0.4, -0.2) is 25.0 Å². The van der Waals surface area contributed by atoms with Crippen LogP contribution < -0.4 is 5.32 Å². The summed E-state index contributed by atoms with van der Waals surface area (Å²) < 4.78 is 0. The van der Waals surface area contributed by atoms with Crippen molar-refractivity contribution >= 4 is 11.8 Å². The van der Waals surface area contributed by atoms with E-state index in [1.54, 1.807) is 11.8 Å². The Morgan fingerprint density at radius 1 is 1.50 bits per heavy atom. The Bertz CT molecular complexity index is 301. The molecule has 0 saturated heterocycles. The molecule has 1 atom stereocenters. The summed E-state index contributed by atoms with van der Waals surface area (Å²) in [5, 5.41) is 12.8. The Morgan fingerprint density at radius 2 is 2.21 bits per heavy atom. The van der Waals surface area contributed by atoms with Gasteiger partial charge in [-0.25, -0.2) is 0 Å². The van der Waals surface area contributed by atoms with E-state index in [-0.39, 0.29) is 0 Å². The first-order valence-corrected chi connectivity index (χ1v) is 5.88. The quantitative estimate of drug-likeness (QED) is 0.747. The molecule has 1 aromatic rings. The largest absolute Gasteiger partial charge is 0.387 e. The summed E-state index contributed by atoms with van der Waals surface area (Å²) in [5.74, 6) is 0. The SMILES string of the molecule is CNCC(O)c1ccc(SC)cc1C. The lowest BCUT2D eigenvalue weighted by atomic mass is 10.0. The first kappa shape index (κ1) is 11.6. The summed E-state index contributed by atoms with van der Waals surface area (Å²) in [6.07, 6.45) is 1.65. The van der Waals surface area contributed by atoms with E-state index in [1.165, 1.54) is 4.90 Å². The average Bonchev–Trinajstić information content (AvgIpc) is 2.17. The molecule has 2 nitrogen and oxygen atoms in total. The molecule has 0 spiro atoms. The molecule has 0 aliphatic carbocycles. The zero-order valence-electron chi connectivity index (χ0n) is 8.87. The van der Waals surface area contributed by atoms with Crippen molar-refractivity contribution in [2.24, 2.45) is 0 Å². The molecule has 0 amide bonds. The van der Waals surface area contributed by atoms with E-state index in [4.69, 9.17) is 0 Å². The molecule has 3 heteroatoms. The van der Waals surface area contributed by atoms with Crippen molar-refractivity contribution < 1.29 is 5.11 Å². The summed E-state index contributed by atoms with van der Waals surface area (Å²) in [5.41, 5.74) is 2.16. The van der Waals surface area contributed by atoms with Gasteiger partial charge in [-0.15, -0.1) is 11.8 Å². The number of benzene rings is 1. The summed E-state index contributed by atoms with van der Waals surface area (Å²) in [4.78, 5) is 1.24. The number of hydrogen-bond donors (Lipinski definition) is 2. The molecule has 78 valence electrons. The molecule has 1 unspecified atom stereocenters. The van der Waals surface area contributed by atoms with Crippen molar-refractivity contribution in [3.8, 4) is 0 Å². The molecule has 0 radical (unpaired) electrons. The second-order valence-corrected chi connectivity index (χ2v) is 4.18. The molecule has 0 aliphatic heterocycles. The number of thioether (sulfide) groups is 1. The summed E-state index contributed by atoms with van der Waals surface area (Å²) >= 11 is 1.72. The van der Waals surface area contributed by atoms with Crippen LogP contribution in [-0.2, 0) is 0 Å². The molecule has 0 saturated carbocycles. The maximum atomic E-state index is 9.80. The zero-order chi connectivity index (χ0) is 10.6. The lowest BCUT2D eigenvalue weighted by Gasteiger charge is -2.13. The summed E-state index contributed by atoms with van der Waals surface area (Å²) in [6.45, 7) is 2.63. The van der Waals surface area contributed by atoms with Gasteiger partial charge >= 0.3 is 0 Å². The van der Waals surface area contributed by atoms with Gasteiger partial charge in [-0.1, -0.05) is 6.07 Å². The maximum absolute atomic E-state index is 9.80. The monoisotopic (exact) mass is 211 g/mol. The minimum Gasteiger partial charge on any atom is -0.387 e. The first-order valence-electron chi connectivity index (χ1n) is 4.66. The van der Waals surface area contributed by atoms with Crippen LogP contribution in [0.5, 0.6) is 0 Å². The van der Waals surface area contributed by atoms with E-state index >= 15 is 0 Å². The van der Waals surface area contributed by atoms with Gasteiger partial charge in [-0.3, -0.25) is 0 Å². The normalized spacial score (nSPS) is 12.9. The van der Waals surface area contributed by atoms with Gasteiger partial charge in [0.2, 0.25) is 0 Å². The van der Waals surface area contributed by atoms with Crippen LogP contribution in [0.2, 0.25) is 0 Å². The van der Waals surface area contributed by atoms with Crippen LogP contribution in [0, 0.1) is 6.92 Å². The average molecular weight is 211 g/mol. The van der Waals surface area contributed by atoms with Gasteiger partial charge in [-0.05, 0) is 43.5 Å². The topological polar surface area (TPSA) is 32.3 Å². The second kappa shape index (κ2) is 5.39. The highest BCUT2D eigenvalue weighted by Crippen LogP contribution is 2.22. The van der Waals surface area contributed by atoms with E-state index < -0.39 is 6.10 Å². The molecule has 0 bridgehead atoms. The molecule has 14 heavy (non-hydrogen) atoms. The third-order valence-corrected chi connectivity index (χ3v) is 2.96. The van der Waals surface area contributed by atoms with Crippen molar-refractivity contribution in [2.75, 3.05) is 19.8 Å². The van der Waals surface area contributed by atoms with Crippen molar-refractivity contribution in [1.82, 2.24) is 5.32 Å². The van der Waals surface area contributed by atoms with E-state index in [1.807, 2.05) is 26.1 Å². The number of hydrogen-bond acceptors (Lipinski definition) is 3. The lowest BCUT2D eigenvalue weighted by molar-refractivity contribution is 0.177. The molecular weight excluding hydrogens is 194 g/mol. The minimum absolute atomic E-state index is 0.407. The van der Waals surface area contributed by atoms with Crippen molar-refractivity contribution in [3.63, 3.8) is 0 Å². The van der Waals surface area contributed by atoms with Gasteiger partial charge in [0.15, 0.2) is 0 Å². The second-order valence-electron chi connectivity index (χ2n) is 3.30.